The van der Waals surface area contributed by atoms with Crippen molar-refractivity contribution in [2.75, 3.05) is 6.61 Å². The first-order chi connectivity index (χ1) is 9.73. The zero-order valence-electron chi connectivity index (χ0n) is 15.9. The summed E-state index contributed by atoms with van der Waals surface area (Å²) in [7, 11) is -0.695. The minimum absolute atomic E-state index is 0.502. The van der Waals surface area contributed by atoms with E-state index in [4.69, 9.17) is 4.52 Å². The van der Waals surface area contributed by atoms with Crippen molar-refractivity contribution < 1.29 is 4.52 Å². The van der Waals surface area contributed by atoms with Crippen LogP contribution < -0.4 is 0 Å². The van der Waals surface area contributed by atoms with Crippen LogP contribution in [0.3, 0.4) is 0 Å². The zero-order chi connectivity index (χ0) is 16.6. The molecule has 0 radical (unpaired) electrons. The van der Waals surface area contributed by atoms with Crippen molar-refractivity contribution >= 4 is 8.45 Å². The quantitative estimate of drug-likeness (QED) is 0.361. The van der Waals surface area contributed by atoms with E-state index in [0.717, 1.165) is 6.61 Å². The summed E-state index contributed by atoms with van der Waals surface area (Å²) >= 11 is 0. The highest BCUT2D eigenvalue weighted by Gasteiger charge is 2.34. The third kappa shape index (κ3) is 7.41. The van der Waals surface area contributed by atoms with Crippen molar-refractivity contribution in [1.29, 1.82) is 0 Å². The Balaban J connectivity index is 5.12. The van der Waals surface area contributed by atoms with Gasteiger partial charge in [0.15, 0.2) is 8.45 Å². The van der Waals surface area contributed by atoms with E-state index in [1.165, 1.54) is 19.3 Å². The number of nitrogens with zero attached hydrogens (tertiary/aromatic N) is 2. The first kappa shape index (κ1) is 21.3. The molecular weight excluding hydrogens is 279 g/mol. The molecule has 0 saturated carbocycles. The molecule has 0 heterocycles. The number of hydrogen-bond acceptors (Lipinski definition) is 3. The summed E-state index contributed by atoms with van der Waals surface area (Å²) in [6.45, 7) is 21.4. The molecule has 0 N–H and O–H groups in total. The third-order valence-corrected chi connectivity index (χ3v) is 6.52. The molecule has 0 aliphatic rings. The molecule has 0 amide bonds. The van der Waals surface area contributed by atoms with Gasteiger partial charge >= 0.3 is 0 Å². The second-order valence-electron chi connectivity index (χ2n) is 6.93. The predicted molar refractivity (Wildman–Crippen MR) is 96.6 cm³/mol. The van der Waals surface area contributed by atoms with E-state index in [1.54, 1.807) is 0 Å². The van der Waals surface area contributed by atoms with Gasteiger partial charge in [0.25, 0.3) is 0 Å². The van der Waals surface area contributed by atoms with Crippen molar-refractivity contribution in [3.8, 4) is 0 Å². The van der Waals surface area contributed by atoms with Gasteiger partial charge in [-0.2, -0.15) is 0 Å². The van der Waals surface area contributed by atoms with Crippen molar-refractivity contribution in [2.45, 2.75) is 106 Å². The van der Waals surface area contributed by atoms with Crippen LogP contribution in [0.25, 0.3) is 0 Å². The van der Waals surface area contributed by atoms with Crippen LogP contribution in [0.2, 0.25) is 0 Å². The van der Waals surface area contributed by atoms with Gasteiger partial charge in [-0.05, 0) is 61.8 Å². The van der Waals surface area contributed by atoms with Gasteiger partial charge in [-0.3, -0.25) is 0 Å². The first-order valence-corrected chi connectivity index (χ1v) is 9.90. The Morgan fingerprint density at radius 1 is 0.714 bits per heavy atom. The summed E-state index contributed by atoms with van der Waals surface area (Å²) < 4.78 is 11.5. The molecule has 0 aliphatic heterocycles. The molecular formula is C17H39N2OP. The summed E-state index contributed by atoms with van der Waals surface area (Å²) in [5, 5.41) is 0. The van der Waals surface area contributed by atoms with Crippen LogP contribution in [0.4, 0.5) is 0 Å². The van der Waals surface area contributed by atoms with E-state index in [1.807, 2.05) is 0 Å². The number of rotatable bonds is 11. The van der Waals surface area contributed by atoms with Gasteiger partial charge in [-0.1, -0.05) is 19.8 Å². The van der Waals surface area contributed by atoms with Gasteiger partial charge in [0.1, 0.15) is 0 Å². The molecule has 0 rings (SSSR count). The molecule has 0 aliphatic carbocycles. The highest BCUT2D eigenvalue weighted by molar-refractivity contribution is 7.47. The standard InChI is InChI=1S/C17H39N2OP/c1-10-11-12-13-20-21(18(14(2)3)15(4)5)19(16(6)7)17(8)9/h14-17H,10-13H2,1-9H3. The molecule has 4 heteroatoms. The van der Waals surface area contributed by atoms with Crippen molar-refractivity contribution in [3.05, 3.63) is 0 Å². The van der Waals surface area contributed by atoms with Gasteiger partial charge in [0.2, 0.25) is 0 Å². The molecule has 0 fully saturated rings. The summed E-state index contributed by atoms with van der Waals surface area (Å²) in [6.07, 6.45) is 3.68. The van der Waals surface area contributed by atoms with Gasteiger partial charge < -0.3 is 4.52 Å². The average Bonchev–Trinajstić information content (AvgIpc) is 2.32. The fourth-order valence-corrected chi connectivity index (χ4v) is 5.11. The van der Waals surface area contributed by atoms with E-state index in [2.05, 4.69) is 71.7 Å². The minimum atomic E-state index is -0.695. The highest BCUT2D eigenvalue weighted by atomic mass is 31.2. The van der Waals surface area contributed by atoms with Crippen LogP contribution in [0.5, 0.6) is 0 Å². The van der Waals surface area contributed by atoms with Crippen LogP contribution in [-0.2, 0) is 4.52 Å². The molecule has 21 heavy (non-hydrogen) atoms. The highest BCUT2D eigenvalue weighted by Crippen LogP contribution is 2.50. The van der Waals surface area contributed by atoms with Crippen molar-refractivity contribution in [2.24, 2.45) is 0 Å². The SMILES string of the molecule is CCCCCOP(N(C(C)C)C(C)C)N(C(C)C)C(C)C. The molecule has 0 unspecified atom stereocenters. The zero-order valence-corrected chi connectivity index (χ0v) is 16.8. The van der Waals surface area contributed by atoms with E-state index in [0.29, 0.717) is 24.2 Å². The van der Waals surface area contributed by atoms with Crippen LogP contribution in [0.1, 0.15) is 81.6 Å². The molecule has 0 bridgehead atoms. The van der Waals surface area contributed by atoms with Crippen LogP contribution in [0, 0.1) is 0 Å². The summed E-state index contributed by atoms with van der Waals surface area (Å²) in [5.74, 6) is 0. The molecule has 0 saturated heterocycles. The minimum Gasteiger partial charge on any atom is -0.331 e. The second-order valence-corrected chi connectivity index (χ2v) is 8.62. The molecule has 0 aromatic carbocycles. The number of unbranched alkanes of at least 4 members (excludes halogenated alkanes) is 2. The lowest BCUT2D eigenvalue weighted by molar-refractivity contribution is 0.184. The Morgan fingerprint density at radius 2 is 1.10 bits per heavy atom. The van der Waals surface area contributed by atoms with Crippen LogP contribution in [0.15, 0.2) is 0 Å². The fraction of sp³-hybridized carbons (Fsp3) is 1.00. The Labute approximate surface area is 135 Å². The summed E-state index contributed by atoms with van der Waals surface area (Å²) in [6, 6.07) is 2.01. The Hall–Kier alpha value is 0.310. The molecule has 3 nitrogen and oxygen atoms in total. The normalized spacial score (nSPS) is 13.1. The maximum absolute atomic E-state index is 6.43. The average molecular weight is 318 g/mol. The van der Waals surface area contributed by atoms with E-state index in [9.17, 15) is 0 Å². The number of hydrogen-bond donors (Lipinski definition) is 0. The van der Waals surface area contributed by atoms with E-state index < -0.39 is 8.45 Å². The van der Waals surface area contributed by atoms with Gasteiger partial charge in [-0.25, -0.2) is 9.34 Å². The summed E-state index contributed by atoms with van der Waals surface area (Å²) in [5.41, 5.74) is 0. The first-order valence-electron chi connectivity index (χ1n) is 8.73. The lowest BCUT2D eigenvalue weighted by Gasteiger charge is -2.45. The third-order valence-electron chi connectivity index (χ3n) is 3.47. The smallest absolute Gasteiger partial charge is 0.188 e. The lowest BCUT2D eigenvalue weighted by atomic mass is 10.3. The predicted octanol–water partition coefficient (Wildman–Crippen LogP) is 5.66. The fourth-order valence-electron chi connectivity index (χ4n) is 2.73. The lowest BCUT2D eigenvalue weighted by Crippen LogP contribution is -2.43. The van der Waals surface area contributed by atoms with E-state index >= 15 is 0 Å². The van der Waals surface area contributed by atoms with Crippen molar-refractivity contribution in [1.82, 2.24) is 9.34 Å². The maximum Gasteiger partial charge on any atom is 0.188 e. The topological polar surface area (TPSA) is 15.7 Å². The van der Waals surface area contributed by atoms with E-state index in [-0.39, 0.29) is 0 Å². The second kappa shape index (κ2) is 10.9. The van der Waals surface area contributed by atoms with Gasteiger partial charge in [-0.15, -0.1) is 0 Å². The van der Waals surface area contributed by atoms with Crippen LogP contribution in [-0.4, -0.2) is 40.1 Å². The van der Waals surface area contributed by atoms with Crippen molar-refractivity contribution in [3.63, 3.8) is 0 Å². The Kier molecular flexibility index (Phi) is 11.1. The Morgan fingerprint density at radius 3 is 1.38 bits per heavy atom. The molecule has 128 valence electrons. The molecule has 0 atom stereocenters. The molecule has 0 aromatic heterocycles. The Bertz CT molecular complexity index is 221. The van der Waals surface area contributed by atoms with Gasteiger partial charge in [0, 0.05) is 24.2 Å². The van der Waals surface area contributed by atoms with Crippen LogP contribution >= 0.6 is 8.45 Å². The summed E-state index contributed by atoms with van der Waals surface area (Å²) in [4.78, 5) is 0. The maximum atomic E-state index is 6.43. The monoisotopic (exact) mass is 318 g/mol. The molecule has 0 aromatic rings. The molecule has 0 spiro atoms. The largest absolute Gasteiger partial charge is 0.331 e. The van der Waals surface area contributed by atoms with Gasteiger partial charge in [0.05, 0.1) is 6.61 Å².